The highest BCUT2D eigenvalue weighted by atomic mass is 16.3. The molecule has 0 amide bonds. The summed E-state index contributed by atoms with van der Waals surface area (Å²) in [5, 5.41) is 18.8. The van der Waals surface area contributed by atoms with E-state index in [0.717, 1.165) is 12.8 Å². The highest BCUT2D eigenvalue weighted by molar-refractivity contribution is 4.95. The van der Waals surface area contributed by atoms with Crippen LogP contribution in [0.4, 0.5) is 0 Å². The van der Waals surface area contributed by atoms with Crippen LogP contribution in [0.3, 0.4) is 0 Å². The third-order valence-corrected chi connectivity index (χ3v) is 2.42. The fourth-order valence-corrected chi connectivity index (χ4v) is 1.36. The average Bonchev–Trinajstić information content (AvgIpc) is 1.84. The lowest BCUT2D eigenvalue weighted by atomic mass is 9.80. The van der Waals surface area contributed by atoms with Gasteiger partial charge in [0, 0.05) is 6.04 Å². The summed E-state index contributed by atoms with van der Waals surface area (Å²) in [6, 6.07) is -0.267. The minimum Gasteiger partial charge on any atom is -0.390 e. The van der Waals surface area contributed by atoms with Crippen molar-refractivity contribution in [2.75, 3.05) is 0 Å². The highest BCUT2D eigenvalue weighted by Gasteiger charge is 2.39. The molecule has 3 nitrogen and oxygen atoms in total. The molecule has 1 fully saturated rings. The molecule has 0 bridgehead atoms. The number of hydrogen-bond acceptors (Lipinski definition) is 3. The molecule has 3 heteroatoms. The fraction of sp³-hybridized carbons (Fsp3) is 1.00. The monoisotopic (exact) mass is 145 g/mol. The van der Waals surface area contributed by atoms with Crippen molar-refractivity contribution in [1.82, 2.24) is 0 Å². The predicted octanol–water partition coefficient (Wildman–Crippen LogP) is -0.391. The summed E-state index contributed by atoms with van der Waals surface area (Å²) in [4.78, 5) is 0. The van der Waals surface area contributed by atoms with E-state index in [9.17, 15) is 10.2 Å². The van der Waals surface area contributed by atoms with Gasteiger partial charge in [-0.25, -0.2) is 0 Å². The second-order valence-corrected chi connectivity index (χ2v) is 3.28. The first-order chi connectivity index (χ1) is 4.55. The van der Waals surface area contributed by atoms with Crippen molar-refractivity contribution in [3.05, 3.63) is 0 Å². The van der Waals surface area contributed by atoms with Crippen LogP contribution in [-0.4, -0.2) is 28.0 Å². The Morgan fingerprint density at radius 1 is 1.50 bits per heavy atom. The molecule has 1 aliphatic rings. The average molecular weight is 145 g/mol. The molecule has 3 unspecified atom stereocenters. The van der Waals surface area contributed by atoms with Gasteiger partial charge in [-0.3, -0.25) is 0 Å². The maximum atomic E-state index is 9.54. The van der Waals surface area contributed by atoms with Crippen LogP contribution in [0, 0.1) is 0 Å². The minimum atomic E-state index is -1.07. The molecule has 1 saturated carbocycles. The lowest BCUT2D eigenvalue weighted by Gasteiger charge is -2.38. The summed E-state index contributed by atoms with van der Waals surface area (Å²) in [6.07, 6.45) is 1.75. The summed E-state index contributed by atoms with van der Waals surface area (Å²) < 4.78 is 0. The van der Waals surface area contributed by atoms with E-state index in [4.69, 9.17) is 5.73 Å². The van der Waals surface area contributed by atoms with Gasteiger partial charge < -0.3 is 15.9 Å². The Hall–Kier alpha value is -0.120. The Kier molecular flexibility index (Phi) is 1.99. The summed E-state index contributed by atoms with van der Waals surface area (Å²) in [6.45, 7) is 1.60. The van der Waals surface area contributed by atoms with Crippen LogP contribution in [0.15, 0.2) is 0 Å². The zero-order valence-electron chi connectivity index (χ0n) is 6.25. The SMILES string of the molecule is CC1(O)C(N)CCCC1O. The molecule has 1 rings (SSSR count). The van der Waals surface area contributed by atoms with E-state index in [0.29, 0.717) is 6.42 Å². The second-order valence-electron chi connectivity index (χ2n) is 3.28. The van der Waals surface area contributed by atoms with Gasteiger partial charge in [0.25, 0.3) is 0 Å². The first-order valence-electron chi connectivity index (χ1n) is 3.71. The summed E-state index contributed by atoms with van der Waals surface area (Å²) in [5.74, 6) is 0. The molecule has 0 spiro atoms. The zero-order chi connectivity index (χ0) is 7.78. The maximum Gasteiger partial charge on any atom is 0.103 e. The third kappa shape index (κ3) is 1.17. The molecule has 0 saturated heterocycles. The first-order valence-corrected chi connectivity index (χ1v) is 3.71. The molecule has 0 aliphatic heterocycles. The lowest BCUT2D eigenvalue weighted by Crippen LogP contribution is -2.56. The maximum absolute atomic E-state index is 9.54. The third-order valence-electron chi connectivity index (χ3n) is 2.42. The number of aliphatic hydroxyl groups is 2. The van der Waals surface area contributed by atoms with Gasteiger partial charge in [-0.05, 0) is 26.2 Å². The normalized spacial score (nSPS) is 49.2. The number of aliphatic hydroxyl groups excluding tert-OH is 1. The van der Waals surface area contributed by atoms with Gasteiger partial charge in [-0.1, -0.05) is 0 Å². The molecule has 0 heterocycles. The Morgan fingerprint density at radius 2 is 2.10 bits per heavy atom. The Morgan fingerprint density at radius 3 is 2.50 bits per heavy atom. The van der Waals surface area contributed by atoms with Crippen LogP contribution in [0.1, 0.15) is 26.2 Å². The number of rotatable bonds is 0. The molecule has 1 aliphatic carbocycles. The van der Waals surface area contributed by atoms with Crippen molar-refractivity contribution in [2.24, 2.45) is 5.73 Å². The fourth-order valence-electron chi connectivity index (χ4n) is 1.36. The second kappa shape index (κ2) is 2.49. The molecule has 60 valence electrons. The van der Waals surface area contributed by atoms with Crippen molar-refractivity contribution in [1.29, 1.82) is 0 Å². The van der Waals surface area contributed by atoms with Gasteiger partial charge in [0.2, 0.25) is 0 Å². The van der Waals surface area contributed by atoms with Crippen LogP contribution in [0.2, 0.25) is 0 Å². The molecule has 10 heavy (non-hydrogen) atoms. The van der Waals surface area contributed by atoms with Gasteiger partial charge in [0.15, 0.2) is 0 Å². The zero-order valence-corrected chi connectivity index (χ0v) is 6.25. The van der Waals surface area contributed by atoms with Crippen molar-refractivity contribution < 1.29 is 10.2 Å². The molecule has 0 radical (unpaired) electrons. The summed E-state index contributed by atoms with van der Waals surface area (Å²) >= 11 is 0. The summed E-state index contributed by atoms with van der Waals surface area (Å²) in [7, 11) is 0. The van der Waals surface area contributed by atoms with E-state index in [2.05, 4.69) is 0 Å². The van der Waals surface area contributed by atoms with E-state index in [1.54, 1.807) is 6.92 Å². The van der Waals surface area contributed by atoms with Crippen LogP contribution in [0.25, 0.3) is 0 Å². The first kappa shape index (κ1) is 7.98. The molecule has 4 N–H and O–H groups in total. The van der Waals surface area contributed by atoms with E-state index < -0.39 is 11.7 Å². The van der Waals surface area contributed by atoms with Gasteiger partial charge in [-0.2, -0.15) is 0 Å². The molecule has 0 aromatic heterocycles. The van der Waals surface area contributed by atoms with E-state index in [1.807, 2.05) is 0 Å². The van der Waals surface area contributed by atoms with Gasteiger partial charge in [-0.15, -0.1) is 0 Å². The van der Waals surface area contributed by atoms with Crippen LogP contribution in [0.5, 0.6) is 0 Å². The van der Waals surface area contributed by atoms with Gasteiger partial charge in [0.05, 0.1) is 6.10 Å². The molecule has 3 atom stereocenters. The molecular weight excluding hydrogens is 130 g/mol. The minimum absolute atomic E-state index is 0.267. The quantitative estimate of drug-likeness (QED) is 0.435. The highest BCUT2D eigenvalue weighted by Crippen LogP contribution is 2.26. The Labute approximate surface area is 60.9 Å². The van der Waals surface area contributed by atoms with Gasteiger partial charge in [0.1, 0.15) is 5.60 Å². The van der Waals surface area contributed by atoms with Gasteiger partial charge >= 0.3 is 0 Å². The van der Waals surface area contributed by atoms with Crippen molar-refractivity contribution in [2.45, 2.75) is 43.9 Å². The number of nitrogens with two attached hydrogens (primary N) is 1. The van der Waals surface area contributed by atoms with E-state index >= 15 is 0 Å². The van der Waals surface area contributed by atoms with Crippen molar-refractivity contribution in [3.63, 3.8) is 0 Å². The standard InChI is InChI=1S/C7H15NO2/c1-7(10)5(8)3-2-4-6(7)9/h5-6,9-10H,2-4,8H2,1H3. The molecule has 0 aromatic carbocycles. The van der Waals surface area contributed by atoms with Crippen LogP contribution < -0.4 is 5.73 Å². The van der Waals surface area contributed by atoms with Crippen molar-refractivity contribution in [3.8, 4) is 0 Å². The molecule has 0 aromatic rings. The van der Waals surface area contributed by atoms with Crippen molar-refractivity contribution >= 4 is 0 Å². The predicted molar refractivity (Wildman–Crippen MR) is 38.5 cm³/mol. The Bertz CT molecular complexity index is 113. The Balaban J connectivity index is 2.63. The largest absolute Gasteiger partial charge is 0.390 e. The summed E-state index contributed by atoms with van der Waals surface area (Å²) in [5.41, 5.74) is 4.52. The van der Waals surface area contributed by atoms with Crippen LogP contribution >= 0.6 is 0 Å². The lowest BCUT2D eigenvalue weighted by molar-refractivity contribution is -0.0984. The van der Waals surface area contributed by atoms with E-state index in [-0.39, 0.29) is 6.04 Å². The van der Waals surface area contributed by atoms with E-state index in [1.165, 1.54) is 0 Å². The smallest absolute Gasteiger partial charge is 0.103 e. The van der Waals surface area contributed by atoms with Crippen LogP contribution in [-0.2, 0) is 0 Å². The molecular formula is C7H15NO2. The topological polar surface area (TPSA) is 66.5 Å². The number of hydrogen-bond donors (Lipinski definition) is 3.